The number of nitrogens with zero attached hydrogens (tertiary/aromatic N) is 7. The molecule has 187 valence electrons. The molecule has 0 atom stereocenters. The molecule has 0 saturated carbocycles. The average molecular weight is 494 g/mol. The maximum Gasteiger partial charge on any atom is 0.141 e. The van der Waals surface area contributed by atoms with E-state index in [0.29, 0.717) is 6.04 Å². The van der Waals surface area contributed by atoms with E-state index in [9.17, 15) is 0 Å². The van der Waals surface area contributed by atoms with Gasteiger partial charge in [-0.1, -0.05) is 35.5 Å². The summed E-state index contributed by atoms with van der Waals surface area (Å²) in [4.78, 5) is 17.1. The third-order valence-electron chi connectivity index (χ3n) is 7.79. The molecular formula is C28H29N8O. The first-order chi connectivity index (χ1) is 18.2. The van der Waals surface area contributed by atoms with Crippen LogP contribution in [-0.4, -0.2) is 71.9 Å². The van der Waals surface area contributed by atoms with Gasteiger partial charge in [0.25, 0.3) is 0 Å². The van der Waals surface area contributed by atoms with Crippen molar-refractivity contribution in [1.82, 2.24) is 39.7 Å². The molecule has 5 aromatic rings. The predicted molar refractivity (Wildman–Crippen MR) is 140 cm³/mol. The molecule has 2 saturated heterocycles. The number of H-pyrrole nitrogens is 1. The van der Waals surface area contributed by atoms with Crippen LogP contribution in [0.15, 0.2) is 65.8 Å². The maximum absolute atomic E-state index is 5.57. The lowest BCUT2D eigenvalue weighted by Crippen LogP contribution is -2.56. The normalized spacial score (nSPS) is 18.0. The van der Waals surface area contributed by atoms with Crippen molar-refractivity contribution in [3.8, 4) is 22.5 Å². The zero-order valence-corrected chi connectivity index (χ0v) is 20.8. The van der Waals surface area contributed by atoms with Crippen molar-refractivity contribution < 1.29 is 4.52 Å². The summed E-state index contributed by atoms with van der Waals surface area (Å²) in [5, 5.41) is 10.0. The minimum absolute atomic E-state index is 0.619. The number of benzene rings is 1. The molecule has 4 aromatic heterocycles. The molecule has 37 heavy (non-hydrogen) atoms. The third kappa shape index (κ3) is 4.14. The van der Waals surface area contributed by atoms with Crippen molar-refractivity contribution in [3.05, 3.63) is 78.7 Å². The van der Waals surface area contributed by atoms with Crippen LogP contribution in [0.4, 0.5) is 0 Å². The summed E-state index contributed by atoms with van der Waals surface area (Å²) in [5.41, 5.74) is 6.08. The van der Waals surface area contributed by atoms with Crippen LogP contribution in [0.3, 0.4) is 0 Å². The van der Waals surface area contributed by atoms with Crippen LogP contribution in [0, 0.1) is 13.0 Å². The smallest absolute Gasteiger partial charge is 0.141 e. The van der Waals surface area contributed by atoms with Gasteiger partial charge in [0, 0.05) is 60.1 Å². The quantitative estimate of drug-likeness (QED) is 0.380. The van der Waals surface area contributed by atoms with Crippen molar-refractivity contribution in [1.29, 1.82) is 0 Å². The number of hydrogen-bond acceptors (Lipinski definition) is 7. The molecule has 1 radical (unpaired) electrons. The Balaban J connectivity index is 0.948. The van der Waals surface area contributed by atoms with Gasteiger partial charge in [0.15, 0.2) is 0 Å². The largest absolute Gasteiger partial charge is 0.361 e. The van der Waals surface area contributed by atoms with E-state index >= 15 is 0 Å². The molecule has 1 aromatic carbocycles. The summed E-state index contributed by atoms with van der Waals surface area (Å²) in [6, 6.07) is 14.3. The number of aromatic amines is 1. The van der Waals surface area contributed by atoms with Crippen LogP contribution >= 0.6 is 0 Å². The Kier molecular flexibility index (Phi) is 5.59. The highest BCUT2D eigenvalue weighted by atomic mass is 16.5. The first kappa shape index (κ1) is 22.4. The molecular weight excluding hydrogens is 464 g/mol. The van der Waals surface area contributed by atoms with Crippen molar-refractivity contribution >= 4 is 11.0 Å². The zero-order valence-electron chi connectivity index (χ0n) is 20.8. The molecule has 9 nitrogen and oxygen atoms in total. The first-order valence-corrected chi connectivity index (χ1v) is 12.9. The molecule has 7 rings (SSSR count). The standard InChI is InChI=1S/C28H29N8O/c1-19-25(27(33-37-19)20-5-3-2-4-6-20)17-34-11-8-22(9-12-34)35-15-23(16-35)36-14-21(13-32-36)26-24-7-10-29-28(24)31-18-30-26/h2-7,10,13-14,18,22H,8-9,11-12,15-17H2,1H3,(H,29,30,31). The lowest BCUT2D eigenvalue weighted by molar-refractivity contribution is 0.0668. The average Bonchev–Trinajstić information content (AvgIpc) is 3.66. The summed E-state index contributed by atoms with van der Waals surface area (Å²) < 4.78 is 7.60. The fourth-order valence-electron chi connectivity index (χ4n) is 5.61. The Hall–Kier alpha value is -3.82. The minimum atomic E-state index is 0.619. The highest BCUT2D eigenvalue weighted by Crippen LogP contribution is 2.31. The number of piperidine rings is 1. The van der Waals surface area contributed by atoms with Crippen molar-refractivity contribution in [3.63, 3.8) is 0 Å². The SMILES string of the molecule is Cc1onc(-c2ccccc2)c1CN1CCC(N2C[C](n3cc(-c4ncnc5[nH]ccc45)cn3)C2)CC1. The number of aromatic nitrogens is 6. The van der Waals surface area contributed by atoms with Gasteiger partial charge in [-0.3, -0.25) is 14.5 Å². The summed E-state index contributed by atoms with van der Waals surface area (Å²) in [6.45, 7) is 7.02. The molecule has 0 amide bonds. The number of likely N-dealkylation sites (tertiary alicyclic amines) is 2. The Bertz CT molecular complexity index is 1510. The molecule has 2 fully saturated rings. The second-order valence-electron chi connectivity index (χ2n) is 10.0. The van der Waals surface area contributed by atoms with Crippen LogP contribution in [0.2, 0.25) is 0 Å². The van der Waals surface area contributed by atoms with Gasteiger partial charge in [0.05, 0.1) is 11.9 Å². The van der Waals surface area contributed by atoms with E-state index in [-0.39, 0.29) is 0 Å². The van der Waals surface area contributed by atoms with Gasteiger partial charge in [-0.25, -0.2) is 9.97 Å². The highest BCUT2D eigenvalue weighted by molar-refractivity contribution is 5.90. The van der Waals surface area contributed by atoms with Crippen molar-refractivity contribution in [2.45, 2.75) is 32.4 Å². The van der Waals surface area contributed by atoms with Crippen LogP contribution in [0.25, 0.3) is 33.5 Å². The number of nitrogens with one attached hydrogen (secondary N) is 1. The molecule has 0 spiro atoms. The Labute approximate surface area is 215 Å². The number of fused-ring (bicyclic) bond motifs is 1. The Morgan fingerprint density at radius 1 is 1.00 bits per heavy atom. The fourth-order valence-corrected chi connectivity index (χ4v) is 5.61. The van der Waals surface area contributed by atoms with E-state index in [1.807, 2.05) is 48.3 Å². The summed E-state index contributed by atoms with van der Waals surface area (Å²) in [7, 11) is 0. The van der Waals surface area contributed by atoms with Crippen LogP contribution < -0.4 is 0 Å². The summed E-state index contributed by atoms with van der Waals surface area (Å²) in [5.74, 6) is 0.917. The van der Waals surface area contributed by atoms with Gasteiger partial charge in [-0.15, -0.1) is 0 Å². The second kappa shape index (κ2) is 9.24. The maximum atomic E-state index is 5.57. The molecule has 1 N–H and O–H groups in total. The number of hydrogen-bond donors (Lipinski definition) is 1. The molecule has 6 heterocycles. The van der Waals surface area contributed by atoms with Gasteiger partial charge < -0.3 is 9.51 Å². The third-order valence-corrected chi connectivity index (χ3v) is 7.79. The van der Waals surface area contributed by atoms with Crippen molar-refractivity contribution in [2.75, 3.05) is 26.2 Å². The van der Waals surface area contributed by atoms with Gasteiger partial charge >= 0.3 is 0 Å². The minimum Gasteiger partial charge on any atom is -0.361 e. The predicted octanol–water partition coefficient (Wildman–Crippen LogP) is 4.15. The molecule has 9 heteroatoms. The molecule has 0 bridgehead atoms. The summed E-state index contributed by atoms with van der Waals surface area (Å²) in [6.07, 6.45) is 9.84. The lowest BCUT2D eigenvalue weighted by Gasteiger charge is -2.46. The van der Waals surface area contributed by atoms with Crippen LogP contribution in [-0.2, 0) is 6.54 Å². The van der Waals surface area contributed by atoms with E-state index in [1.165, 1.54) is 24.4 Å². The van der Waals surface area contributed by atoms with E-state index in [4.69, 9.17) is 4.52 Å². The monoisotopic (exact) mass is 493 g/mol. The first-order valence-electron chi connectivity index (χ1n) is 12.9. The zero-order chi connectivity index (χ0) is 24.8. The van der Waals surface area contributed by atoms with Gasteiger partial charge in [-0.2, -0.15) is 5.10 Å². The van der Waals surface area contributed by atoms with E-state index < -0.39 is 0 Å². The van der Waals surface area contributed by atoms with Gasteiger partial charge in [0.2, 0.25) is 0 Å². The van der Waals surface area contributed by atoms with E-state index in [1.54, 1.807) is 6.33 Å². The van der Waals surface area contributed by atoms with Crippen molar-refractivity contribution in [2.24, 2.45) is 0 Å². The molecule has 0 unspecified atom stereocenters. The van der Waals surface area contributed by atoms with Crippen LogP contribution in [0.5, 0.6) is 0 Å². The van der Waals surface area contributed by atoms with E-state index in [2.05, 4.69) is 53.3 Å². The lowest BCUT2D eigenvalue weighted by atomic mass is 9.96. The van der Waals surface area contributed by atoms with E-state index in [0.717, 1.165) is 72.0 Å². The van der Waals surface area contributed by atoms with Gasteiger partial charge in [-0.05, 0) is 38.9 Å². The highest BCUT2D eigenvalue weighted by Gasteiger charge is 2.36. The molecule has 0 aliphatic carbocycles. The second-order valence-corrected chi connectivity index (χ2v) is 10.0. The molecule has 2 aliphatic heterocycles. The van der Waals surface area contributed by atoms with Gasteiger partial charge in [0.1, 0.15) is 29.5 Å². The Morgan fingerprint density at radius 2 is 1.84 bits per heavy atom. The molecule has 2 aliphatic rings. The summed E-state index contributed by atoms with van der Waals surface area (Å²) >= 11 is 0. The fraction of sp³-hybridized carbons (Fsp3) is 0.321. The Morgan fingerprint density at radius 3 is 2.68 bits per heavy atom. The number of aryl methyl sites for hydroxylation is 1. The van der Waals surface area contributed by atoms with Crippen LogP contribution in [0.1, 0.15) is 24.2 Å². The number of rotatable bonds is 6. The topological polar surface area (TPSA) is 91.9 Å².